The lowest BCUT2D eigenvalue weighted by atomic mass is 9.99. The van der Waals surface area contributed by atoms with Crippen molar-refractivity contribution < 1.29 is 5.11 Å². The van der Waals surface area contributed by atoms with Gasteiger partial charge in [-0.15, -0.1) is 0 Å². The number of aromatic hydroxyl groups is 1. The molecule has 0 radical (unpaired) electrons. The van der Waals surface area contributed by atoms with Gasteiger partial charge in [-0.25, -0.2) is 0 Å². The molecule has 4 heteroatoms. The minimum absolute atomic E-state index is 0.301. The van der Waals surface area contributed by atoms with Crippen molar-refractivity contribution in [1.29, 1.82) is 0 Å². The number of rotatable bonds is 3. The van der Waals surface area contributed by atoms with E-state index in [0.717, 1.165) is 38.2 Å². The molecule has 1 aliphatic rings. The quantitative estimate of drug-likeness (QED) is 0.714. The van der Waals surface area contributed by atoms with Gasteiger partial charge < -0.3 is 16.2 Å². The van der Waals surface area contributed by atoms with Crippen LogP contribution in [0, 0.1) is 0 Å². The van der Waals surface area contributed by atoms with Gasteiger partial charge in [0.2, 0.25) is 0 Å². The number of nitrogens with two attached hydrogens (primary N) is 1. The zero-order valence-electron chi connectivity index (χ0n) is 10.3. The first-order chi connectivity index (χ1) is 8.08. The third-order valence-electron chi connectivity index (χ3n) is 3.34. The molecule has 0 aromatic heterocycles. The highest BCUT2D eigenvalue weighted by Gasteiger charge is 2.28. The first kappa shape index (κ1) is 12.4. The molecule has 4 nitrogen and oxygen atoms in total. The number of phenols is 1. The molecular weight excluding hydrogens is 214 g/mol. The van der Waals surface area contributed by atoms with Crippen LogP contribution in [-0.4, -0.2) is 41.8 Å². The summed E-state index contributed by atoms with van der Waals surface area (Å²) in [7, 11) is 0. The van der Waals surface area contributed by atoms with Crippen LogP contribution in [0.4, 0.5) is 0 Å². The Kier molecular flexibility index (Phi) is 3.66. The molecular formula is C13H21N3O. The van der Waals surface area contributed by atoms with Gasteiger partial charge >= 0.3 is 0 Å². The Balaban J connectivity index is 2.02. The van der Waals surface area contributed by atoms with Gasteiger partial charge in [0, 0.05) is 32.6 Å². The number of nitrogens with one attached hydrogen (secondary N) is 1. The number of hydrogen-bond donors (Lipinski definition) is 3. The van der Waals surface area contributed by atoms with Crippen molar-refractivity contribution in [2.24, 2.45) is 5.73 Å². The largest absolute Gasteiger partial charge is 0.508 e. The normalized spacial score (nSPS) is 21.1. The molecule has 0 spiro atoms. The highest BCUT2D eigenvalue weighted by atomic mass is 16.3. The molecule has 1 aromatic carbocycles. The van der Waals surface area contributed by atoms with Gasteiger partial charge in [-0.2, -0.15) is 0 Å². The monoisotopic (exact) mass is 235 g/mol. The Morgan fingerprint density at radius 3 is 2.47 bits per heavy atom. The third-order valence-corrected chi connectivity index (χ3v) is 3.34. The smallest absolute Gasteiger partial charge is 0.115 e. The second-order valence-electron chi connectivity index (χ2n) is 4.94. The summed E-state index contributed by atoms with van der Waals surface area (Å²) in [5, 5.41) is 12.6. The molecule has 1 aliphatic heterocycles. The SMILES string of the molecule is CC(N)(Cc1ccc(O)cc1)N1CCNCC1. The maximum absolute atomic E-state index is 9.25. The predicted molar refractivity (Wildman–Crippen MR) is 68.8 cm³/mol. The van der Waals surface area contributed by atoms with Crippen LogP contribution in [0.2, 0.25) is 0 Å². The van der Waals surface area contributed by atoms with E-state index in [1.54, 1.807) is 12.1 Å². The van der Waals surface area contributed by atoms with Crippen LogP contribution in [0.3, 0.4) is 0 Å². The Morgan fingerprint density at radius 1 is 1.29 bits per heavy atom. The zero-order valence-corrected chi connectivity index (χ0v) is 10.3. The molecule has 1 unspecified atom stereocenters. The number of hydrogen-bond acceptors (Lipinski definition) is 4. The van der Waals surface area contributed by atoms with Crippen molar-refractivity contribution in [2.75, 3.05) is 26.2 Å². The minimum atomic E-state index is -0.320. The van der Waals surface area contributed by atoms with Crippen molar-refractivity contribution in [3.8, 4) is 5.75 Å². The molecule has 0 saturated carbocycles. The molecule has 1 saturated heterocycles. The number of phenolic OH excluding ortho intramolecular Hbond substituents is 1. The third kappa shape index (κ3) is 3.19. The van der Waals surface area contributed by atoms with Crippen LogP contribution in [0.5, 0.6) is 5.75 Å². The fraction of sp³-hybridized carbons (Fsp3) is 0.538. The van der Waals surface area contributed by atoms with Crippen molar-refractivity contribution in [1.82, 2.24) is 10.2 Å². The van der Waals surface area contributed by atoms with E-state index in [1.165, 1.54) is 0 Å². The molecule has 0 amide bonds. The van der Waals surface area contributed by atoms with Crippen molar-refractivity contribution in [3.63, 3.8) is 0 Å². The lowest BCUT2D eigenvalue weighted by molar-refractivity contribution is 0.0932. The standard InChI is InChI=1S/C13H21N3O/c1-13(14,16-8-6-15-7-9-16)10-11-2-4-12(17)5-3-11/h2-5,15,17H,6-10,14H2,1H3. The average Bonchev–Trinajstić information content (AvgIpc) is 2.33. The lowest BCUT2D eigenvalue weighted by Gasteiger charge is -2.41. The number of nitrogens with zero attached hydrogens (tertiary/aromatic N) is 1. The van der Waals surface area contributed by atoms with Gasteiger partial charge in [0.1, 0.15) is 5.75 Å². The molecule has 2 rings (SSSR count). The Morgan fingerprint density at radius 2 is 1.88 bits per heavy atom. The van der Waals surface area contributed by atoms with Crippen LogP contribution < -0.4 is 11.1 Å². The maximum Gasteiger partial charge on any atom is 0.115 e. The van der Waals surface area contributed by atoms with E-state index in [9.17, 15) is 5.11 Å². The summed E-state index contributed by atoms with van der Waals surface area (Å²) < 4.78 is 0. The van der Waals surface area contributed by atoms with E-state index in [0.29, 0.717) is 5.75 Å². The van der Waals surface area contributed by atoms with Gasteiger partial charge in [-0.05, 0) is 24.6 Å². The summed E-state index contributed by atoms with van der Waals surface area (Å²) in [5.74, 6) is 0.301. The van der Waals surface area contributed by atoms with E-state index in [4.69, 9.17) is 5.73 Å². The first-order valence-corrected chi connectivity index (χ1v) is 6.10. The van der Waals surface area contributed by atoms with Crippen LogP contribution >= 0.6 is 0 Å². The Hall–Kier alpha value is -1.10. The molecule has 94 valence electrons. The van der Waals surface area contributed by atoms with E-state index in [-0.39, 0.29) is 5.66 Å². The summed E-state index contributed by atoms with van der Waals surface area (Å²) in [4.78, 5) is 2.32. The Bertz CT molecular complexity index is 355. The Labute approximate surface area is 102 Å². The van der Waals surface area contributed by atoms with E-state index in [2.05, 4.69) is 17.1 Å². The molecule has 1 aromatic rings. The maximum atomic E-state index is 9.25. The molecule has 1 fully saturated rings. The lowest BCUT2D eigenvalue weighted by Crippen LogP contribution is -2.60. The van der Waals surface area contributed by atoms with Gasteiger partial charge in [-0.1, -0.05) is 12.1 Å². The molecule has 4 N–H and O–H groups in total. The summed E-state index contributed by atoms with van der Waals surface area (Å²) in [6, 6.07) is 7.29. The molecule has 1 atom stereocenters. The van der Waals surface area contributed by atoms with Crippen LogP contribution in [0.15, 0.2) is 24.3 Å². The van der Waals surface area contributed by atoms with Gasteiger partial charge in [-0.3, -0.25) is 4.90 Å². The van der Waals surface area contributed by atoms with Crippen LogP contribution in [0.25, 0.3) is 0 Å². The van der Waals surface area contributed by atoms with E-state index >= 15 is 0 Å². The highest BCUT2D eigenvalue weighted by Crippen LogP contribution is 2.18. The van der Waals surface area contributed by atoms with Crippen LogP contribution in [-0.2, 0) is 6.42 Å². The predicted octanol–water partition coefficient (Wildman–Crippen LogP) is 0.515. The second kappa shape index (κ2) is 5.04. The summed E-state index contributed by atoms with van der Waals surface area (Å²) in [6.45, 7) is 6.06. The number of benzene rings is 1. The molecule has 0 aliphatic carbocycles. The zero-order chi connectivity index (χ0) is 12.3. The van der Waals surface area contributed by atoms with Gasteiger partial charge in [0.25, 0.3) is 0 Å². The van der Waals surface area contributed by atoms with Crippen LogP contribution in [0.1, 0.15) is 12.5 Å². The second-order valence-corrected chi connectivity index (χ2v) is 4.94. The number of piperazine rings is 1. The van der Waals surface area contributed by atoms with Crippen molar-refractivity contribution in [3.05, 3.63) is 29.8 Å². The van der Waals surface area contributed by atoms with E-state index in [1.807, 2.05) is 12.1 Å². The average molecular weight is 235 g/mol. The first-order valence-electron chi connectivity index (χ1n) is 6.10. The summed E-state index contributed by atoms with van der Waals surface area (Å²) in [5.41, 5.74) is 7.24. The minimum Gasteiger partial charge on any atom is -0.508 e. The molecule has 17 heavy (non-hydrogen) atoms. The highest BCUT2D eigenvalue weighted by molar-refractivity contribution is 5.27. The van der Waals surface area contributed by atoms with Gasteiger partial charge in [0.05, 0.1) is 5.66 Å². The summed E-state index contributed by atoms with van der Waals surface area (Å²) in [6.07, 6.45) is 0.799. The fourth-order valence-electron chi connectivity index (χ4n) is 2.31. The van der Waals surface area contributed by atoms with Gasteiger partial charge in [0.15, 0.2) is 0 Å². The molecule has 0 bridgehead atoms. The summed E-state index contributed by atoms with van der Waals surface area (Å²) >= 11 is 0. The molecule has 1 heterocycles. The fourth-order valence-corrected chi connectivity index (χ4v) is 2.31. The topological polar surface area (TPSA) is 61.5 Å². The van der Waals surface area contributed by atoms with Crippen molar-refractivity contribution in [2.45, 2.75) is 19.0 Å². The van der Waals surface area contributed by atoms with E-state index < -0.39 is 0 Å². The van der Waals surface area contributed by atoms with Crippen molar-refractivity contribution >= 4 is 0 Å².